The number of carbonyl (C=O) groups is 2. The molecule has 2 aromatic carbocycles. The van der Waals surface area contributed by atoms with E-state index in [1.165, 1.54) is 12.1 Å². The van der Waals surface area contributed by atoms with Crippen molar-refractivity contribution in [3.05, 3.63) is 59.7 Å². The molecule has 8 heteroatoms. The van der Waals surface area contributed by atoms with Gasteiger partial charge in [0.2, 0.25) is 21.8 Å². The van der Waals surface area contributed by atoms with Crippen LogP contribution in [0.5, 0.6) is 0 Å². The molecule has 0 saturated heterocycles. The van der Waals surface area contributed by atoms with Crippen LogP contribution in [-0.2, 0) is 32.5 Å². The van der Waals surface area contributed by atoms with E-state index >= 15 is 0 Å². The number of rotatable bonds is 6. The Morgan fingerprint density at radius 3 is 2.58 bits per heavy atom. The third-order valence-electron chi connectivity index (χ3n) is 4.21. The van der Waals surface area contributed by atoms with Gasteiger partial charge in [-0.2, -0.15) is 4.72 Å². The third-order valence-corrected chi connectivity index (χ3v) is 5.68. The van der Waals surface area contributed by atoms with Gasteiger partial charge in [0.25, 0.3) is 0 Å². The van der Waals surface area contributed by atoms with E-state index in [-0.39, 0.29) is 17.2 Å². The minimum atomic E-state index is -3.94. The first kappa shape index (κ1) is 18.1. The lowest BCUT2D eigenvalue weighted by Gasteiger charge is -2.19. The van der Waals surface area contributed by atoms with E-state index in [1.54, 1.807) is 30.3 Å². The molecule has 1 aliphatic heterocycles. The zero-order chi connectivity index (χ0) is 18.7. The molecule has 1 unspecified atom stereocenters. The lowest BCUT2D eigenvalue weighted by Crippen LogP contribution is -2.45. The van der Waals surface area contributed by atoms with Crippen LogP contribution in [0.3, 0.4) is 0 Å². The van der Waals surface area contributed by atoms with Crippen LogP contribution in [-0.4, -0.2) is 26.3 Å². The molecule has 0 radical (unpaired) electrons. The fourth-order valence-electron chi connectivity index (χ4n) is 2.83. The SMILES string of the molecule is NC(=O)C(Cc1ccccc1)NS(=O)(=O)c1ccc2c(c1)CCC(=O)N2. The zero-order valence-electron chi connectivity index (χ0n) is 13.9. The van der Waals surface area contributed by atoms with Crippen molar-refractivity contribution in [2.24, 2.45) is 5.73 Å². The predicted molar refractivity (Wildman–Crippen MR) is 96.8 cm³/mol. The average molecular weight is 373 g/mol. The molecule has 2 amide bonds. The van der Waals surface area contributed by atoms with Gasteiger partial charge in [0.15, 0.2) is 0 Å². The number of nitrogens with two attached hydrogens (primary N) is 1. The molecular weight excluding hydrogens is 354 g/mol. The van der Waals surface area contributed by atoms with Crippen LogP contribution >= 0.6 is 0 Å². The van der Waals surface area contributed by atoms with E-state index in [0.717, 1.165) is 11.1 Å². The number of sulfonamides is 1. The lowest BCUT2D eigenvalue weighted by molar-refractivity contribution is -0.119. The number of amides is 2. The van der Waals surface area contributed by atoms with Crippen LogP contribution in [0.2, 0.25) is 0 Å². The largest absolute Gasteiger partial charge is 0.368 e. The minimum absolute atomic E-state index is 0.0340. The van der Waals surface area contributed by atoms with Gasteiger partial charge in [0.1, 0.15) is 6.04 Å². The highest BCUT2D eigenvalue weighted by molar-refractivity contribution is 7.89. The summed E-state index contributed by atoms with van der Waals surface area (Å²) in [5, 5.41) is 2.70. The molecule has 3 rings (SSSR count). The van der Waals surface area contributed by atoms with Crippen molar-refractivity contribution in [1.82, 2.24) is 4.72 Å². The van der Waals surface area contributed by atoms with Gasteiger partial charge in [-0.1, -0.05) is 30.3 Å². The maximum Gasteiger partial charge on any atom is 0.241 e. The van der Waals surface area contributed by atoms with Crippen molar-refractivity contribution in [1.29, 1.82) is 0 Å². The van der Waals surface area contributed by atoms with Crippen molar-refractivity contribution in [2.75, 3.05) is 5.32 Å². The van der Waals surface area contributed by atoms with Crippen LogP contribution in [0.25, 0.3) is 0 Å². The standard InChI is InChI=1S/C18H19N3O4S/c19-18(23)16(10-12-4-2-1-3-5-12)21-26(24,25)14-7-8-15-13(11-14)6-9-17(22)20-15/h1-5,7-8,11,16,21H,6,9-10H2,(H2,19,23)(H,20,22). The summed E-state index contributed by atoms with van der Waals surface area (Å²) < 4.78 is 27.7. The second-order valence-corrected chi connectivity index (χ2v) is 7.85. The van der Waals surface area contributed by atoms with Crippen molar-refractivity contribution >= 4 is 27.5 Å². The van der Waals surface area contributed by atoms with Crippen LogP contribution in [0, 0.1) is 0 Å². The van der Waals surface area contributed by atoms with Gasteiger partial charge < -0.3 is 11.1 Å². The molecule has 136 valence electrons. The number of anilines is 1. The first-order valence-electron chi connectivity index (χ1n) is 8.13. The summed E-state index contributed by atoms with van der Waals surface area (Å²) >= 11 is 0. The molecule has 0 aliphatic carbocycles. The molecule has 1 heterocycles. The Morgan fingerprint density at radius 2 is 1.88 bits per heavy atom. The van der Waals surface area contributed by atoms with Crippen molar-refractivity contribution < 1.29 is 18.0 Å². The van der Waals surface area contributed by atoms with Crippen LogP contribution < -0.4 is 15.8 Å². The maximum absolute atomic E-state index is 12.7. The first-order valence-corrected chi connectivity index (χ1v) is 9.62. The molecule has 2 aromatic rings. The Kier molecular flexibility index (Phi) is 5.06. The molecule has 0 fully saturated rings. The molecule has 4 N–H and O–H groups in total. The van der Waals surface area contributed by atoms with Crippen molar-refractivity contribution in [3.63, 3.8) is 0 Å². The summed E-state index contributed by atoms with van der Waals surface area (Å²) in [7, 11) is -3.94. The fraction of sp³-hybridized carbons (Fsp3) is 0.222. The molecule has 26 heavy (non-hydrogen) atoms. The number of hydrogen-bond acceptors (Lipinski definition) is 4. The molecule has 0 spiro atoms. The highest BCUT2D eigenvalue weighted by Gasteiger charge is 2.26. The van der Waals surface area contributed by atoms with E-state index in [4.69, 9.17) is 5.73 Å². The average Bonchev–Trinajstić information content (AvgIpc) is 2.61. The normalized spacial score (nSPS) is 15.0. The highest BCUT2D eigenvalue weighted by atomic mass is 32.2. The topological polar surface area (TPSA) is 118 Å². The molecule has 0 bridgehead atoms. The van der Waals surface area contributed by atoms with Crippen LogP contribution in [0.4, 0.5) is 5.69 Å². The monoisotopic (exact) mass is 373 g/mol. The summed E-state index contributed by atoms with van der Waals surface area (Å²) in [5.41, 5.74) is 7.53. The van der Waals surface area contributed by atoms with Crippen LogP contribution in [0.1, 0.15) is 17.5 Å². The van der Waals surface area contributed by atoms with Gasteiger partial charge in [-0.3, -0.25) is 9.59 Å². The predicted octanol–water partition coefficient (Wildman–Crippen LogP) is 0.946. The number of nitrogens with one attached hydrogen (secondary N) is 2. The highest BCUT2D eigenvalue weighted by Crippen LogP contribution is 2.25. The van der Waals surface area contributed by atoms with E-state index in [1.807, 2.05) is 6.07 Å². The Bertz CT molecular complexity index is 942. The van der Waals surface area contributed by atoms with Crippen LogP contribution in [0.15, 0.2) is 53.4 Å². The third kappa shape index (κ3) is 4.09. The molecule has 0 aromatic heterocycles. The molecule has 7 nitrogen and oxygen atoms in total. The molecular formula is C18H19N3O4S. The summed E-state index contributed by atoms with van der Waals surface area (Å²) in [6, 6.07) is 12.4. The quantitative estimate of drug-likeness (QED) is 0.698. The Balaban J connectivity index is 1.82. The van der Waals surface area contributed by atoms with Gasteiger partial charge in [-0.05, 0) is 42.2 Å². The number of fused-ring (bicyclic) bond motifs is 1. The number of primary amides is 1. The Morgan fingerprint density at radius 1 is 1.15 bits per heavy atom. The lowest BCUT2D eigenvalue weighted by atomic mass is 10.0. The summed E-state index contributed by atoms with van der Waals surface area (Å²) in [6.45, 7) is 0. The summed E-state index contributed by atoms with van der Waals surface area (Å²) in [4.78, 5) is 23.2. The van der Waals surface area contributed by atoms with Crippen molar-refractivity contribution in [3.8, 4) is 0 Å². The second kappa shape index (κ2) is 7.27. The van der Waals surface area contributed by atoms with E-state index < -0.39 is 22.0 Å². The Labute approximate surface area is 151 Å². The summed E-state index contributed by atoms with van der Waals surface area (Å²) in [5.74, 6) is -0.842. The van der Waals surface area contributed by atoms with Gasteiger partial charge in [-0.25, -0.2) is 8.42 Å². The number of carbonyl (C=O) groups excluding carboxylic acids is 2. The van der Waals surface area contributed by atoms with Gasteiger partial charge in [-0.15, -0.1) is 0 Å². The minimum Gasteiger partial charge on any atom is -0.368 e. The van der Waals surface area contributed by atoms with Gasteiger partial charge in [0.05, 0.1) is 4.90 Å². The van der Waals surface area contributed by atoms with Gasteiger partial charge >= 0.3 is 0 Å². The van der Waals surface area contributed by atoms with E-state index in [2.05, 4.69) is 10.0 Å². The number of benzene rings is 2. The van der Waals surface area contributed by atoms with E-state index in [0.29, 0.717) is 18.5 Å². The van der Waals surface area contributed by atoms with E-state index in [9.17, 15) is 18.0 Å². The molecule has 0 saturated carbocycles. The maximum atomic E-state index is 12.7. The van der Waals surface area contributed by atoms with Crippen molar-refractivity contribution in [2.45, 2.75) is 30.2 Å². The second-order valence-electron chi connectivity index (χ2n) is 6.13. The Hall–Kier alpha value is -2.71. The van der Waals surface area contributed by atoms with Gasteiger partial charge in [0, 0.05) is 12.1 Å². The molecule has 1 atom stereocenters. The fourth-order valence-corrected chi connectivity index (χ4v) is 4.09. The first-order chi connectivity index (χ1) is 12.3. The summed E-state index contributed by atoms with van der Waals surface area (Å²) in [6.07, 6.45) is 0.937. The smallest absolute Gasteiger partial charge is 0.241 e. The number of hydrogen-bond donors (Lipinski definition) is 3. The molecule has 1 aliphatic rings. The zero-order valence-corrected chi connectivity index (χ0v) is 14.8. The number of aryl methyl sites for hydroxylation is 1.